The van der Waals surface area contributed by atoms with Gasteiger partial charge in [-0.05, 0) is 29.2 Å². The largest absolute Gasteiger partial charge is 0.352 e. The van der Waals surface area contributed by atoms with Gasteiger partial charge in [-0.25, -0.2) is 0 Å². The van der Waals surface area contributed by atoms with Crippen molar-refractivity contribution in [2.45, 2.75) is 32.4 Å². The van der Waals surface area contributed by atoms with Crippen LogP contribution in [0.4, 0.5) is 0 Å². The molecule has 0 bridgehead atoms. The number of rotatable bonds is 6. The summed E-state index contributed by atoms with van der Waals surface area (Å²) in [6.07, 6.45) is 0. The van der Waals surface area contributed by atoms with Gasteiger partial charge >= 0.3 is 0 Å². The van der Waals surface area contributed by atoms with Crippen molar-refractivity contribution in [2.24, 2.45) is 11.7 Å². The van der Waals surface area contributed by atoms with Crippen molar-refractivity contribution >= 4 is 18.3 Å². The second-order valence-electron chi connectivity index (χ2n) is 7.68. The van der Waals surface area contributed by atoms with E-state index in [-0.39, 0.29) is 24.4 Å². The lowest BCUT2D eigenvalue weighted by molar-refractivity contribution is 0.0949. The maximum Gasteiger partial charge on any atom is 0.251 e. The fourth-order valence-corrected chi connectivity index (χ4v) is 3.56. The number of halogens is 1. The number of hydrogen-bond acceptors (Lipinski definition) is 3. The van der Waals surface area contributed by atoms with E-state index in [0.717, 1.165) is 30.8 Å². The molecule has 3 rings (SSSR count). The number of benzene rings is 2. The van der Waals surface area contributed by atoms with Crippen LogP contribution in [0.1, 0.15) is 41.3 Å². The first-order valence-corrected chi connectivity index (χ1v) is 9.43. The lowest BCUT2D eigenvalue weighted by Crippen LogP contribution is -2.29. The molecule has 4 nitrogen and oxygen atoms in total. The van der Waals surface area contributed by atoms with Gasteiger partial charge in [0.15, 0.2) is 0 Å². The zero-order valence-electron chi connectivity index (χ0n) is 16.1. The van der Waals surface area contributed by atoms with Crippen molar-refractivity contribution in [3.05, 3.63) is 71.3 Å². The fraction of sp³-hybridized carbons (Fsp3) is 0.409. The van der Waals surface area contributed by atoms with Gasteiger partial charge in [0.05, 0.1) is 0 Å². The van der Waals surface area contributed by atoms with Crippen LogP contribution in [0.5, 0.6) is 0 Å². The monoisotopic (exact) mass is 387 g/mol. The SMILES string of the molecule is CC(C)CNC(=O)c1cccc(CN2C[C@@H](N)[C@H](c3ccccc3)C2)c1.Cl. The van der Waals surface area contributed by atoms with Crippen LogP contribution in [0.2, 0.25) is 0 Å². The Kier molecular flexibility index (Phi) is 7.84. The molecule has 1 amide bonds. The minimum absolute atomic E-state index is 0. The molecule has 3 N–H and O–H groups in total. The van der Waals surface area contributed by atoms with Gasteiger partial charge in [0.25, 0.3) is 5.91 Å². The number of carbonyl (C=O) groups is 1. The van der Waals surface area contributed by atoms with Crippen LogP contribution in [-0.4, -0.2) is 36.5 Å². The van der Waals surface area contributed by atoms with Gasteiger partial charge in [-0.2, -0.15) is 0 Å². The van der Waals surface area contributed by atoms with E-state index >= 15 is 0 Å². The lowest BCUT2D eigenvalue weighted by Gasteiger charge is -2.17. The minimum atomic E-state index is 0. The van der Waals surface area contributed by atoms with Gasteiger partial charge < -0.3 is 11.1 Å². The van der Waals surface area contributed by atoms with Crippen LogP contribution in [0.25, 0.3) is 0 Å². The van der Waals surface area contributed by atoms with E-state index in [4.69, 9.17) is 5.73 Å². The number of hydrogen-bond donors (Lipinski definition) is 2. The number of nitrogens with zero attached hydrogens (tertiary/aromatic N) is 1. The third kappa shape index (κ3) is 5.80. The van der Waals surface area contributed by atoms with E-state index in [0.29, 0.717) is 18.4 Å². The lowest BCUT2D eigenvalue weighted by atomic mass is 9.95. The van der Waals surface area contributed by atoms with Crippen LogP contribution >= 0.6 is 12.4 Å². The van der Waals surface area contributed by atoms with Gasteiger partial charge in [-0.1, -0.05) is 56.3 Å². The molecule has 0 unspecified atom stereocenters. The third-order valence-electron chi connectivity index (χ3n) is 4.93. The maximum absolute atomic E-state index is 12.3. The summed E-state index contributed by atoms with van der Waals surface area (Å²) in [4.78, 5) is 14.7. The van der Waals surface area contributed by atoms with Gasteiger partial charge in [0.1, 0.15) is 0 Å². The molecule has 2 aromatic carbocycles. The summed E-state index contributed by atoms with van der Waals surface area (Å²) < 4.78 is 0. The molecule has 0 spiro atoms. The Balaban J connectivity index is 0.00000261. The Morgan fingerprint density at radius 2 is 1.89 bits per heavy atom. The Hall–Kier alpha value is -1.88. The van der Waals surface area contributed by atoms with Crippen LogP contribution < -0.4 is 11.1 Å². The average molecular weight is 388 g/mol. The highest BCUT2D eigenvalue weighted by atomic mass is 35.5. The van der Waals surface area contributed by atoms with Crippen LogP contribution in [0, 0.1) is 5.92 Å². The topological polar surface area (TPSA) is 58.4 Å². The highest BCUT2D eigenvalue weighted by molar-refractivity contribution is 5.94. The Bertz CT molecular complexity index is 735. The van der Waals surface area contributed by atoms with Gasteiger partial charge in [0, 0.05) is 43.7 Å². The zero-order chi connectivity index (χ0) is 18.5. The number of likely N-dealkylation sites (tertiary alicyclic amines) is 1. The quantitative estimate of drug-likeness (QED) is 0.798. The number of nitrogens with one attached hydrogen (secondary N) is 1. The summed E-state index contributed by atoms with van der Waals surface area (Å²) in [6.45, 7) is 7.54. The van der Waals surface area contributed by atoms with Gasteiger partial charge in [-0.3, -0.25) is 9.69 Å². The van der Waals surface area contributed by atoms with E-state index in [2.05, 4.69) is 54.4 Å². The molecule has 27 heavy (non-hydrogen) atoms. The average Bonchev–Trinajstić information content (AvgIpc) is 3.00. The molecule has 1 saturated heterocycles. The van der Waals surface area contributed by atoms with Crippen molar-refractivity contribution < 1.29 is 4.79 Å². The van der Waals surface area contributed by atoms with Crippen LogP contribution in [0.15, 0.2) is 54.6 Å². The molecule has 0 saturated carbocycles. The fourth-order valence-electron chi connectivity index (χ4n) is 3.56. The van der Waals surface area contributed by atoms with E-state index in [1.54, 1.807) is 0 Å². The van der Waals surface area contributed by atoms with E-state index < -0.39 is 0 Å². The van der Waals surface area contributed by atoms with E-state index in [1.165, 1.54) is 5.56 Å². The molecule has 0 aromatic heterocycles. The predicted octanol–water partition coefficient (Wildman–Crippen LogP) is 3.42. The first kappa shape index (κ1) is 21.4. The van der Waals surface area contributed by atoms with Crippen molar-refractivity contribution in [3.63, 3.8) is 0 Å². The highest BCUT2D eigenvalue weighted by Crippen LogP contribution is 2.27. The summed E-state index contributed by atoms with van der Waals surface area (Å²) in [7, 11) is 0. The van der Waals surface area contributed by atoms with Gasteiger partial charge in [0.2, 0.25) is 0 Å². The Morgan fingerprint density at radius 1 is 1.15 bits per heavy atom. The molecule has 0 radical (unpaired) electrons. The predicted molar refractivity (Wildman–Crippen MR) is 113 cm³/mol. The second kappa shape index (κ2) is 9.88. The molecule has 2 atom stereocenters. The third-order valence-corrected chi connectivity index (χ3v) is 4.93. The molecular weight excluding hydrogens is 358 g/mol. The summed E-state index contributed by atoms with van der Waals surface area (Å²) in [5.74, 6) is 0.817. The summed E-state index contributed by atoms with van der Waals surface area (Å²) in [6, 6.07) is 18.6. The highest BCUT2D eigenvalue weighted by Gasteiger charge is 2.31. The van der Waals surface area contributed by atoms with Crippen molar-refractivity contribution in [1.82, 2.24) is 10.2 Å². The number of nitrogens with two attached hydrogens (primary N) is 1. The standard InChI is InChI=1S/C22H29N3O.ClH/c1-16(2)12-24-22(26)19-10-6-7-17(11-19)13-25-14-20(21(23)15-25)18-8-4-3-5-9-18;/h3-11,16,20-21H,12-15,23H2,1-2H3,(H,24,26);1H/t20-,21+;/m0./s1. The molecule has 0 aliphatic carbocycles. The molecular formula is C22H30ClN3O. The second-order valence-corrected chi connectivity index (χ2v) is 7.68. The molecule has 2 aromatic rings. The molecule has 1 aliphatic rings. The summed E-state index contributed by atoms with van der Waals surface area (Å²) in [5.41, 5.74) is 9.59. The maximum atomic E-state index is 12.3. The van der Waals surface area contributed by atoms with Gasteiger partial charge in [-0.15, -0.1) is 12.4 Å². The summed E-state index contributed by atoms with van der Waals surface area (Å²) >= 11 is 0. The number of carbonyl (C=O) groups excluding carboxylic acids is 1. The van der Waals surface area contributed by atoms with Crippen LogP contribution in [0.3, 0.4) is 0 Å². The molecule has 1 heterocycles. The van der Waals surface area contributed by atoms with E-state index in [1.807, 2.05) is 24.3 Å². The Labute approximate surface area is 168 Å². The summed E-state index contributed by atoms with van der Waals surface area (Å²) in [5, 5.41) is 2.98. The first-order valence-electron chi connectivity index (χ1n) is 9.43. The van der Waals surface area contributed by atoms with E-state index in [9.17, 15) is 4.79 Å². The minimum Gasteiger partial charge on any atom is -0.352 e. The van der Waals surface area contributed by atoms with Crippen molar-refractivity contribution in [1.29, 1.82) is 0 Å². The molecule has 146 valence electrons. The molecule has 5 heteroatoms. The van der Waals surface area contributed by atoms with Crippen molar-refractivity contribution in [2.75, 3.05) is 19.6 Å². The number of amides is 1. The Morgan fingerprint density at radius 3 is 2.59 bits per heavy atom. The normalized spacial score (nSPS) is 19.7. The molecule has 1 aliphatic heterocycles. The molecule has 1 fully saturated rings. The zero-order valence-corrected chi connectivity index (χ0v) is 16.9. The first-order chi connectivity index (χ1) is 12.5. The van der Waals surface area contributed by atoms with Crippen LogP contribution in [-0.2, 0) is 6.54 Å². The van der Waals surface area contributed by atoms with Crippen molar-refractivity contribution in [3.8, 4) is 0 Å². The smallest absolute Gasteiger partial charge is 0.251 e.